The molecule has 0 aliphatic carbocycles. The van der Waals surface area contributed by atoms with Crippen molar-refractivity contribution >= 4 is 22.7 Å². The van der Waals surface area contributed by atoms with Gasteiger partial charge in [-0.15, -0.1) is 6.58 Å². The van der Waals surface area contributed by atoms with Crippen LogP contribution >= 0.6 is 0 Å². The van der Waals surface area contributed by atoms with E-state index in [1.54, 1.807) is 17.7 Å². The van der Waals surface area contributed by atoms with Gasteiger partial charge in [-0.2, -0.15) is 5.10 Å². The first-order chi connectivity index (χ1) is 12.2. The zero-order chi connectivity index (χ0) is 17.8. The van der Waals surface area contributed by atoms with Crippen molar-refractivity contribution in [3.05, 3.63) is 54.7 Å². The number of aromatic nitrogens is 3. The van der Waals surface area contributed by atoms with E-state index in [1.165, 1.54) is 6.20 Å². The molecule has 25 heavy (non-hydrogen) atoms. The highest BCUT2D eigenvalue weighted by Gasteiger charge is 2.22. The second-order valence-corrected chi connectivity index (χ2v) is 5.47. The number of anilines is 1. The molecular formula is C19H20N4O2. The first-order valence-corrected chi connectivity index (χ1v) is 8.10. The molecule has 3 aromatic rings. The molecule has 0 bridgehead atoms. The van der Waals surface area contributed by atoms with Crippen molar-refractivity contribution in [1.82, 2.24) is 14.8 Å². The van der Waals surface area contributed by atoms with Crippen LogP contribution in [-0.2, 0) is 11.8 Å². The van der Waals surface area contributed by atoms with E-state index in [2.05, 4.69) is 22.0 Å². The van der Waals surface area contributed by atoms with Crippen LogP contribution in [0.5, 0.6) is 0 Å². The number of carbonyl (C=O) groups excluding carboxylic acids is 1. The highest BCUT2D eigenvalue weighted by Crippen LogP contribution is 2.34. The number of aryl methyl sites for hydroxylation is 1. The van der Waals surface area contributed by atoms with E-state index in [4.69, 9.17) is 4.74 Å². The Labute approximate surface area is 146 Å². The van der Waals surface area contributed by atoms with Gasteiger partial charge in [-0.25, -0.2) is 14.5 Å². The van der Waals surface area contributed by atoms with Gasteiger partial charge in [0.05, 0.1) is 17.7 Å². The Morgan fingerprint density at radius 2 is 2.12 bits per heavy atom. The van der Waals surface area contributed by atoms with Crippen molar-refractivity contribution in [2.24, 2.45) is 7.05 Å². The van der Waals surface area contributed by atoms with E-state index in [0.29, 0.717) is 30.0 Å². The van der Waals surface area contributed by atoms with Crippen molar-refractivity contribution < 1.29 is 9.53 Å². The number of nitrogens with one attached hydrogen (secondary N) is 1. The molecule has 0 saturated carbocycles. The minimum atomic E-state index is -0.411. The molecule has 0 radical (unpaired) electrons. The third kappa shape index (κ3) is 3.10. The maximum Gasteiger partial charge on any atom is 0.341 e. The fraction of sp³-hybridized carbons (Fsp3) is 0.211. The van der Waals surface area contributed by atoms with Crippen molar-refractivity contribution in [2.45, 2.75) is 6.92 Å². The van der Waals surface area contributed by atoms with Crippen molar-refractivity contribution in [3.63, 3.8) is 0 Å². The Kier molecular flexibility index (Phi) is 4.79. The fourth-order valence-electron chi connectivity index (χ4n) is 2.74. The number of hydrogen-bond donors (Lipinski definition) is 1. The van der Waals surface area contributed by atoms with Crippen LogP contribution in [-0.4, -0.2) is 33.9 Å². The summed E-state index contributed by atoms with van der Waals surface area (Å²) in [7, 11) is 1.84. The van der Waals surface area contributed by atoms with E-state index < -0.39 is 5.97 Å². The molecule has 1 N–H and O–H groups in total. The first-order valence-electron chi connectivity index (χ1n) is 8.10. The fourth-order valence-corrected chi connectivity index (χ4v) is 2.74. The molecule has 6 heteroatoms. The Morgan fingerprint density at radius 1 is 1.36 bits per heavy atom. The van der Waals surface area contributed by atoms with Crippen LogP contribution in [0.1, 0.15) is 17.3 Å². The number of carbonyl (C=O) groups is 1. The third-order valence-electron chi connectivity index (χ3n) is 3.82. The van der Waals surface area contributed by atoms with Gasteiger partial charge in [-0.1, -0.05) is 36.4 Å². The topological polar surface area (TPSA) is 69.0 Å². The largest absolute Gasteiger partial charge is 0.462 e. The van der Waals surface area contributed by atoms with Gasteiger partial charge in [-0.05, 0) is 6.92 Å². The summed E-state index contributed by atoms with van der Waals surface area (Å²) in [5, 5.41) is 8.66. The third-order valence-corrected chi connectivity index (χ3v) is 3.82. The smallest absolute Gasteiger partial charge is 0.341 e. The van der Waals surface area contributed by atoms with Crippen molar-refractivity contribution in [3.8, 4) is 11.3 Å². The van der Waals surface area contributed by atoms with Crippen LogP contribution in [0.25, 0.3) is 22.3 Å². The number of fused-ring (bicyclic) bond motifs is 1. The highest BCUT2D eigenvalue weighted by molar-refractivity contribution is 6.09. The van der Waals surface area contributed by atoms with Crippen molar-refractivity contribution in [1.29, 1.82) is 0 Å². The maximum atomic E-state index is 12.4. The van der Waals surface area contributed by atoms with Crippen molar-refractivity contribution in [2.75, 3.05) is 18.5 Å². The van der Waals surface area contributed by atoms with Gasteiger partial charge < -0.3 is 10.1 Å². The minimum absolute atomic E-state index is 0.302. The Bertz CT molecular complexity index is 916. The van der Waals surface area contributed by atoms with E-state index in [1.807, 2.05) is 37.4 Å². The molecule has 3 rings (SSSR count). The summed E-state index contributed by atoms with van der Waals surface area (Å²) in [5.74, 6) is -0.411. The lowest BCUT2D eigenvalue weighted by molar-refractivity contribution is 0.0527. The van der Waals surface area contributed by atoms with Gasteiger partial charge in [0.25, 0.3) is 0 Å². The van der Waals surface area contributed by atoms with Crippen LogP contribution in [0.3, 0.4) is 0 Å². The summed E-state index contributed by atoms with van der Waals surface area (Å²) in [6, 6.07) is 9.82. The van der Waals surface area contributed by atoms with Gasteiger partial charge in [0, 0.05) is 25.4 Å². The van der Waals surface area contributed by atoms with Crippen LogP contribution in [0.2, 0.25) is 0 Å². The van der Waals surface area contributed by atoms with Gasteiger partial charge in [0.15, 0.2) is 5.65 Å². The van der Waals surface area contributed by atoms with Crippen LogP contribution in [0.4, 0.5) is 5.69 Å². The normalized spacial score (nSPS) is 10.6. The quantitative estimate of drug-likeness (QED) is 0.552. The molecule has 0 saturated heterocycles. The first kappa shape index (κ1) is 16.7. The number of esters is 1. The molecule has 2 aromatic heterocycles. The lowest BCUT2D eigenvalue weighted by Gasteiger charge is -2.12. The number of rotatable bonds is 6. The molecular weight excluding hydrogens is 316 g/mol. The summed E-state index contributed by atoms with van der Waals surface area (Å²) in [6.07, 6.45) is 3.27. The van der Waals surface area contributed by atoms with Gasteiger partial charge in [0.1, 0.15) is 11.3 Å². The Balaban J connectivity index is 2.29. The molecule has 128 valence electrons. The highest BCUT2D eigenvalue weighted by atomic mass is 16.5. The van der Waals surface area contributed by atoms with E-state index in [-0.39, 0.29) is 0 Å². The molecule has 2 heterocycles. The molecule has 0 spiro atoms. The van der Waals surface area contributed by atoms with E-state index >= 15 is 0 Å². The zero-order valence-corrected chi connectivity index (χ0v) is 14.3. The molecule has 0 fully saturated rings. The second-order valence-electron chi connectivity index (χ2n) is 5.47. The number of benzene rings is 1. The summed E-state index contributed by atoms with van der Waals surface area (Å²) < 4.78 is 6.89. The molecule has 0 aliphatic rings. The minimum Gasteiger partial charge on any atom is -0.462 e. The summed E-state index contributed by atoms with van der Waals surface area (Å²) in [5.41, 5.74) is 3.47. The summed E-state index contributed by atoms with van der Waals surface area (Å²) >= 11 is 0. The second kappa shape index (κ2) is 7.17. The number of ether oxygens (including phenoxy) is 1. The Hall–Kier alpha value is -3.15. The molecule has 0 aliphatic heterocycles. The van der Waals surface area contributed by atoms with Gasteiger partial charge in [0.2, 0.25) is 0 Å². The molecule has 0 unspecified atom stereocenters. The predicted octanol–water partition coefficient (Wildman–Crippen LogP) is 3.41. The predicted molar refractivity (Wildman–Crippen MR) is 98.6 cm³/mol. The number of nitrogens with zero attached hydrogens (tertiary/aromatic N) is 3. The molecule has 6 nitrogen and oxygen atoms in total. The standard InChI is InChI=1S/C19H20N4O2/c1-4-11-20-17-14(19(24)25-5-2)12-21-18-15(17)16(22-23(18)3)13-9-7-6-8-10-13/h4,6-10,12H,1,5,11H2,2-3H3,(H,20,21). The average molecular weight is 336 g/mol. The monoisotopic (exact) mass is 336 g/mol. The zero-order valence-electron chi connectivity index (χ0n) is 14.3. The lowest BCUT2D eigenvalue weighted by Crippen LogP contribution is -2.11. The number of hydrogen-bond acceptors (Lipinski definition) is 5. The van der Waals surface area contributed by atoms with Crippen LogP contribution < -0.4 is 5.32 Å². The van der Waals surface area contributed by atoms with Gasteiger partial charge in [-0.3, -0.25) is 0 Å². The SMILES string of the molecule is C=CCNc1c(C(=O)OCC)cnc2c1c(-c1ccccc1)nn2C. The maximum absolute atomic E-state index is 12.4. The van der Waals surface area contributed by atoms with Gasteiger partial charge >= 0.3 is 5.97 Å². The summed E-state index contributed by atoms with van der Waals surface area (Å²) in [6.45, 7) is 6.33. The van der Waals surface area contributed by atoms with Crippen LogP contribution in [0, 0.1) is 0 Å². The van der Waals surface area contributed by atoms with E-state index in [9.17, 15) is 4.79 Å². The van der Waals surface area contributed by atoms with Crippen LogP contribution in [0.15, 0.2) is 49.2 Å². The van der Waals surface area contributed by atoms with E-state index in [0.717, 1.165) is 16.6 Å². The Morgan fingerprint density at radius 3 is 2.80 bits per heavy atom. The molecule has 0 atom stereocenters. The summed E-state index contributed by atoms with van der Waals surface area (Å²) in [4.78, 5) is 16.8. The molecule has 1 aromatic carbocycles. The lowest BCUT2D eigenvalue weighted by atomic mass is 10.1. The molecule has 0 amide bonds. The number of pyridine rings is 1. The average Bonchev–Trinajstić information content (AvgIpc) is 2.98.